The third kappa shape index (κ3) is 4.17. The van der Waals surface area contributed by atoms with Crippen molar-refractivity contribution >= 4 is 47.6 Å². The molecule has 0 bridgehead atoms. The van der Waals surface area contributed by atoms with Crippen molar-refractivity contribution in [2.75, 3.05) is 7.05 Å². The summed E-state index contributed by atoms with van der Waals surface area (Å²) < 4.78 is 27.4. The number of benzene rings is 2. The fourth-order valence-electron chi connectivity index (χ4n) is 1.91. The predicted molar refractivity (Wildman–Crippen MR) is 93.6 cm³/mol. The molecule has 0 saturated heterocycles. The van der Waals surface area contributed by atoms with E-state index in [9.17, 15) is 18.5 Å². The fourth-order valence-corrected chi connectivity index (χ4v) is 4.03. The summed E-state index contributed by atoms with van der Waals surface area (Å²) in [5, 5.41) is 10.8. The summed E-state index contributed by atoms with van der Waals surface area (Å²) in [6.07, 6.45) is 0. The van der Waals surface area contributed by atoms with Gasteiger partial charge in [0.1, 0.15) is 0 Å². The van der Waals surface area contributed by atoms with Crippen molar-refractivity contribution in [1.29, 1.82) is 0 Å². The van der Waals surface area contributed by atoms with Crippen molar-refractivity contribution in [2.45, 2.75) is 11.4 Å². The van der Waals surface area contributed by atoms with Crippen LogP contribution < -0.4 is 0 Å². The Morgan fingerprint density at radius 2 is 1.74 bits per heavy atom. The van der Waals surface area contributed by atoms with E-state index in [-0.39, 0.29) is 21.6 Å². The molecule has 2 aromatic rings. The van der Waals surface area contributed by atoms with E-state index in [0.717, 1.165) is 10.0 Å². The van der Waals surface area contributed by atoms with Crippen LogP contribution in [0.15, 0.2) is 56.3 Å². The first kappa shape index (κ1) is 18.1. The van der Waals surface area contributed by atoms with Gasteiger partial charge in [0.15, 0.2) is 0 Å². The first-order valence-electron chi connectivity index (χ1n) is 6.36. The van der Waals surface area contributed by atoms with Gasteiger partial charge in [-0.2, -0.15) is 4.31 Å². The van der Waals surface area contributed by atoms with Gasteiger partial charge in [-0.05, 0) is 45.8 Å². The molecule has 0 atom stereocenters. The molecule has 23 heavy (non-hydrogen) atoms. The Hall–Kier alpha value is -1.29. The summed E-state index contributed by atoms with van der Waals surface area (Å²) in [6.45, 7) is 0.199. The van der Waals surface area contributed by atoms with Crippen molar-refractivity contribution in [2.24, 2.45) is 0 Å². The van der Waals surface area contributed by atoms with Crippen LogP contribution in [0.3, 0.4) is 0 Å². The highest BCUT2D eigenvalue weighted by atomic mass is 79.9. The molecular weight excluding hydrogens is 452 g/mol. The van der Waals surface area contributed by atoms with E-state index in [2.05, 4.69) is 31.9 Å². The molecule has 0 aliphatic heterocycles. The van der Waals surface area contributed by atoms with E-state index >= 15 is 0 Å². The quantitative estimate of drug-likeness (QED) is 0.496. The maximum Gasteiger partial charge on any atom is 0.283 e. The van der Waals surface area contributed by atoms with Crippen LogP contribution in [0, 0.1) is 10.1 Å². The number of nitrogens with zero attached hydrogens (tertiary/aromatic N) is 2. The maximum atomic E-state index is 12.6. The van der Waals surface area contributed by atoms with Gasteiger partial charge in [-0.1, -0.05) is 28.1 Å². The second-order valence-electron chi connectivity index (χ2n) is 4.76. The van der Waals surface area contributed by atoms with Crippen LogP contribution in [0.1, 0.15) is 5.56 Å². The summed E-state index contributed by atoms with van der Waals surface area (Å²) >= 11 is 6.36. The Kier molecular flexibility index (Phi) is 5.56. The smallest absolute Gasteiger partial charge is 0.258 e. The molecule has 0 amide bonds. The SMILES string of the molecule is CN(Cc1ccc(Br)cc1)S(=O)(=O)c1ccc([N+](=O)[O-])c(Br)c1. The number of rotatable bonds is 5. The standard InChI is InChI=1S/C14H12Br2N2O4S/c1-17(9-10-2-4-11(15)5-3-10)23(21,22)12-6-7-14(18(19)20)13(16)8-12/h2-8H,9H2,1H3. The van der Waals surface area contributed by atoms with E-state index < -0.39 is 14.9 Å². The van der Waals surface area contributed by atoms with Gasteiger partial charge < -0.3 is 0 Å². The molecule has 0 radical (unpaired) electrons. The molecule has 0 heterocycles. The summed E-state index contributed by atoms with van der Waals surface area (Å²) in [5.74, 6) is 0. The number of hydrogen-bond acceptors (Lipinski definition) is 4. The van der Waals surface area contributed by atoms with Crippen molar-refractivity contribution in [3.63, 3.8) is 0 Å². The number of hydrogen-bond donors (Lipinski definition) is 0. The van der Waals surface area contributed by atoms with Gasteiger partial charge in [-0.25, -0.2) is 8.42 Å². The van der Waals surface area contributed by atoms with E-state index in [0.29, 0.717) is 0 Å². The third-order valence-corrected chi connectivity index (χ3v) is 6.11. The average Bonchev–Trinajstić information content (AvgIpc) is 2.49. The molecule has 0 unspecified atom stereocenters. The topological polar surface area (TPSA) is 80.5 Å². The molecule has 2 rings (SSSR count). The summed E-state index contributed by atoms with van der Waals surface area (Å²) in [6, 6.07) is 11.0. The summed E-state index contributed by atoms with van der Waals surface area (Å²) in [7, 11) is -2.28. The molecule has 0 aliphatic rings. The minimum atomic E-state index is -3.74. The zero-order chi connectivity index (χ0) is 17.2. The Balaban J connectivity index is 2.28. The van der Waals surface area contributed by atoms with Gasteiger partial charge >= 0.3 is 0 Å². The van der Waals surface area contributed by atoms with Crippen molar-refractivity contribution in [1.82, 2.24) is 4.31 Å². The lowest BCUT2D eigenvalue weighted by molar-refractivity contribution is -0.385. The molecule has 122 valence electrons. The molecule has 0 aliphatic carbocycles. The second-order valence-corrected chi connectivity index (χ2v) is 8.57. The van der Waals surface area contributed by atoms with E-state index in [1.54, 1.807) is 0 Å². The molecule has 0 N–H and O–H groups in total. The predicted octanol–water partition coefficient (Wildman–Crippen LogP) is 3.94. The molecule has 6 nitrogen and oxygen atoms in total. The zero-order valence-corrected chi connectivity index (χ0v) is 15.9. The Bertz CT molecular complexity index is 838. The minimum Gasteiger partial charge on any atom is -0.258 e. The third-order valence-electron chi connectivity index (χ3n) is 3.14. The lowest BCUT2D eigenvalue weighted by Crippen LogP contribution is -2.26. The maximum absolute atomic E-state index is 12.6. The number of halogens is 2. The number of nitro groups is 1. The van der Waals surface area contributed by atoms with Crippen LogP contribution >= 0.6 is 31.9 Å². The van der Waals surface area contributed by atoms with Crippen LogP contribution in [-0.4, -0.2) is 24.7 Å². The fraction of sp³-hybridized carbons (Fsp3) is 0.143. The molecule has 2 aromatic carbocycles. The lowest BCUT2D eigenvalue weighted by atomic mass is 10.2. The van der Waals surface area contributed by atoms with Gasteiger partial charge in [0.25, 0.3) is 5.69 Å². The summed E-state index contributed by atoms with van der Waals surface area (Å²) in [5.41, 5.74) is 0.653. The molecular formula is C14H12Br2N2O4S. The lowest BCUT2D eigenvalue weighted by Gasteiger charge is -2.17. The van der Waals surface area contributed by atoms with Gasteiger partial charge in [-0.3, -0.25) is 10.1 Å². The van der Waals surface area contributed by atoms with Gasteiger partial charge in [-0.15, -0.1) is 0 Å². The molecule has 9 heteroatoms. The Labute approximate surface area is 150 Å². The number of sulfonamides is 1. The van der Waals surface area contributed by atoms with Gasteiger partial charge in [0.05, 0.1) is 14.3 Å². The van der Waals surface area contributed by atoms with E-state index in [1.807, 2.05) is 24.3 Å². The van der Waals surface area contributed by atoms with Gasteiger partial charge in [0.2, 0.25) is 10.0 Å². The molecule has 0 aromatic heterocycles. The molecule has 0 spiro atoms. The number of nitro benzene ring substituents is 1. The van der Waals surface area contributed by atoms with Crippen molar-refractivity contribution < 1.29 is 13.3 Å². The summed E-state index contributed by atoms with van der Waals surface area (Å²) in [4.78, 5) is 10.2. The largest absolute Gasteiger partial charge is 0.283 e. The molecule has 0 saturated carbocycles. The minimum absolute atomic E-state index is 0.00501. The highest BCUT2D eigenvalue weighted by molar-refractivity contribution is 9.10. The highest BCUT2D eigenvalue weighted by Gasteiger charge is 2.23. The highest BCUT2D eigenvalue weighted by Crippen LogP contribution is 2.28. The van der Waals surface area contributed by atoms with Crippen LogP contribution in [0.25, 0.3) is 0 Å². The van der Waals surface area contributed by atoms with Crippen molar-refractivity contribution in [3.05, 3.63) is 67.1 Å². The first-order valence-corrected chi connectivity index (χ1v) is 9.39. The van der Waals surface area contributed by atoms with E-state index in [1.165, 1.54) is 29.6 Å². The monoisotopic (exact) mass is 462 g/mol. The van der Waals surface area contributed by atoms with Gasteiger partial charge in [0, 0.05) is 24.1 Å². The van der Waals surface area contributed by atoms with Crippen LogP contribution in [0.5, 0.6) is 0 Å². The zero-order valence-electron chi connectivity index (χ0n) is 11.9. The molecule has 0 fully saturated rings. The van der Waals surface area contributed by atoms with Crippen LogP contribution in [-0.2, 0) is 16.6 Å². The van der Waals surface area contributed by atoms with E-state index in [4.69, 9.17) is 0 Å². The second kappa shape index (κ2) is 7.08. The first-order chi connectivity index (χ1) is 10.7. The normalized spacial score (nSPS) is 11.7. The average molecular weight is 464 g/mol. The van der Waals surface area contributed by atoms with Crippen LogP contribution in [0.4, 0.5) is 5.69 Å². The Morgan fingerprint density at radius 1 is 1.13 bits per heavy atom. The van der Waals surface area contributed by atoms with Crippen LogP contribution in [0.2, 0.25) is 0 Å². The van der Waals surface area contributed by atoms with Crippen molar-refractivity contribution in [3.8, 4) is 0 Å². The Morgan fingerprint density at radius 3 is 2.26 bits per heavy atom.